The minimum absolute atomic E-state index is 0.0285. The monoisotopic (exact) mass is 447 g/mol. The Labute approximate surface area is 192 Å². The van der Waals surface area contributed by atoms with Crippen LogP contribution in [0.4, 0.5) is 0 Å². The van der Waals surface area contributed by atoms with Gasteiger partial charge >= 0.3 is 0 Å². The summed E-state index contributed by atoms with van der Waals surface area (Å²) in [5, 5.41) is 20.2. The summed E-state index contributed by atoms with van der Waals surface area (Å²) >= 11 is 0. The number of nitrogens with zero attached hydrogens (tertiary/aromatic N) is 4. The Morgan fingerprint density at radius 2 is 2.18 bits per heavy atom. The van der Waals surface area contributed by atoms with E-state index in [4.69, 9.17) is 4.74 Å². The van der Waals surface area contributed by atoms with Crippen molar-refractivity contribution in [3.63, 3.8) is 0 Å². The Balaban J connectivity index is 1.45. The number of amides is 1. The van der Waals surface area contributed by atoms with Crippen molar-refractivity contribution in [1.29, 1.82) is 0 Å². The topological polar surface area (TPSA) is 94.6 Å². The molecule has 3 aromatic rings. The largest absolute Gasteiger partial charge is 0.507 e. The van der Waals surface area contributed by atoms with Gasteiger partial charge < -0.3 is 19.7 Å². The lowest BCUT2D eigenvalue weighted by atomic mass is 10.0. The smallest absolute Gasteiger partial charge is 0.246 e. The molecular formula is C25H29N5O3. The number of ether oxygens (including phenoxy) is 1. The van der Waals surface area contributed by atoms with E-state index in [9.17, 15) is 9.90 Å². The van der Waals surface area contributed by atoms with Crippen molar-refractivity contribution in [3.05, 3.63) is 54.2 Å². The molecule has 2 fully saturated rings. The number of aromatic amines is 1. The number of phenolic OH excluding ortho intramolecular Hbond substituents is 1. The number of benzene rings is 1. The number of aromatic nitrogens is 3. The molecule has 2 aromatic heterocycles. The van der Waals surface area contributed by atoms with Gasteiger partial charge in [0.2, 0.25) is 5.91 Å². The van der Waals surface area contributed by atoms with E-state index in [1.165, 1.54) is 11.6 Å². The number of para-hydroxylation sites is 1. The molecule has 172 valence electrons. The van der Waals surface area contributed by atoms with Gasteiger partial charge in [-0.05, 0) is 48.6 Å². The number of carbonyl (C=O) groups excluding carboxylic acids is 1. The normalized spacial score (nSPS) is 19.4. The van der Waals surface area contributed by atoms with Gasteiger partial charge in [0, 0.05) is 43.3 Å². The highest BCUT2D eigenvalue weighted by Crippen LogP contribution is 2.45. The quantitative estimate of drug-likeness (QED) is 0.564. The van der Waals surface area contributed by atoms with Crippen molar-refractivity contribution in [1.82, 2.24) is 25.0 Å². The molecule has 1 atom stereocenters. The molecule has 1 aliphatic carbocycles. The summed E-state index contributed by atoms with van der Waals surface area (Å²) in [7, 11) is 1.80. The van der Waals surface area contributed by atoms with E-state index in [1.807, 2.05) is 18.2 Å². The maximum atomic E-state index is 12.1. The van der Waals surface area contributed by atoms with Crippen LogP contribution in [-0.4, -0.2) is 75.4 Å². The van der Waals surface area contributed by atoms with Crippen molar-refractivity contribution in [2.45, 2.75) is 31.3 Å². The number of rotatable bonds is 6. The number of aromatic hydroxyl groups is 1. The summed E-state index contributed by atoms with van der Waals surface area (Å²) in [6.45, 7) is 7.00. The zero-order chi connectivity index (χ0) is 22.9. The van der Waals surface area contributed by atoms with Crippen LogP contribution in [0.15, 0.2) is 43.0 Å². The Hall–Kier alpha value is -3.23. The molecule has 0 spiro atoms. The van der Waals surface area contributed by atoms with E-state index >= 15 is 0 Å². The zero-order valence-electron chi connectivity index (χ0n) is 18.8. The summed E-state index contributed by atoms with van der Waals surface area (Å²) in [6.07, 6.45) is 3.67. The van der Waals surface area contributed by atoms with Gasteiger partial charge in [-0.25, -0.2) is 0 Å². The number of hydrogen-bond acceptors (Lipinski definition) is 6. The molecule has 0 bridgehead atoms. The van der Waals surface area contributed by atoms with Gasteiger partial charge in [0.05, 0.1) is 24.9 Å². The average Bonchev–Trinajstić information content (AvgIpc) is 3.63. The molecule has 2 N–H and O–H groups in total. The molecule has 8 heteroatoms. The number of H-pyrrole nitrogens is 1. The molecule has 3 heterocycles. The highest BCUT2D eigenvalue weighted by atomic mass is 16.5. The number of phenols is 1. The molecular weight excluding hydrogens is 418 g/mol. The number of hydrogen-bond donors (Lipinski definition) is 2. The fourth-order valence-corrected chi connectivity index (χ4v) is 4.63. The maximum Gasteiger partial charge on any atom is 0.246 e. The van der Waals surface area contributed by atoms with Crippen LogP contribution in [0.5, 0.6) is 5.75 Å². The number of likely N-dealkylation sites (N-methyl/N-ethyl adjacent to an activating group) is 1. The number of fused-ring (bicyclic) bond motifs is 1. The fourth-order valence-electron chi connectivity index (χ4n) is 4.63. The van der Waals surface area contributed by atoms with Gasteiger partial charge in [0.1, 0.15) is 5.75 Å². The highest BCUT2D eigenvalue weighted by molar-refractivity contribution is 5.87. The fraction of sp³-hybridized carbons (Fsp3) is 0.400. The van der Waals surface area contributed by atoms with Crippen LogP contribution in [-0.2, 0) is 16.1 Å². The van der Waals surface area contributed by atoms with Crippen molar-refractivity contribution in [2.75, 3.05) is 33.4 Å². The lowest BCUT2D eigenvalue weighted by molar-refractivity contribution is -0.127. The molecule has 1 amide bonds. The first-order chi connectivity index (χ1) is 16.0. The molecule has 1 saturated heterocycles. The Bertz CT molecular complexity index is 1190. The van der Waals surface area contributed by atoms with Crippen molar-refractivity contribution in [2.24, 2.45) is 0 Å². The lowest BCUT2D eigenvalue weighted by Gasteiger charge is -2.29. The van der Waals surface area contributed by atoms with E-state index in [-0.39, 0.29) is 17.7 Å². The molecule has 33 heavy (non-hydrogen) atoms. The molecule has 5 rings (SSSR count). The summed E-state index contributed by atoms with van der Waals surface area (Å²) in [5.41, 5.74) is 4.57. The van der Waals surface area contributed by atoms with Crippen LogP contribution in [0.25, 0.3) is 22.3 Å². The Morgan fingerprint density at radius 3 is 2.94 bits per heavy atom. The molecule has 8 nitrogen and oxygen atoms in total. The SMILES string of the molecule is C=CC(=O)N(C)C1COCCN(Cc2[nH]c3nnc(-c4ccccc4O)cc3c2C2CC2)C1. The zero-order valence-corrected chi connectivity index (χ0v) is 18.8. The first-order valence-corrected chi connectivity index (χ1v) is 11.4. The molecule has 0 radical (unpaired) electrons. The second kappa shape index (κ2) is 8.96. The van der Waals surface area contributed by atoms with Crippen molar-refractivity contribution < 1.29 is 14.6 Å². The summed E-state index contributed by atoms with van der Waals surface area (Å²) in [6, 6.07) is 9.21. The van der Waals surface area contributed by atoms with E-state index in [0.29, 0.717) is 30.4 Å². The van der Waals surface area contributed by atoms with E-state index in [2.05, 4.69) is 26.7 Å². The third-order valence-electron chi connectivity index (χ3n) is 6.63. The van der Waals surface area contributed by atoms with Gasteiger partial charge in [0.25, 0.3) is 0 Å². The molecule has 1 unspecified atom stereocenters. The lowest BCUT2D eigenvalue weighted by Crippen LogP contribution is -2.45. The standard InChI is InChI=1S/C25H29N5O3/c1-3-23(32)29(2)17-13-30(10-11-33-15-17)14-21-24(16-8-9-16)19-12-20(27-28-25(19)26-21)18-6-4-5-7-22(18)31/h3-7,12,16-17,31H,1,8-11,13-15H2,2H3,(H,26,28). The van der Waals surface area contributed by atoms with Gasteiger partial charge in [0.15, 0.2) is 5.65 Å². The predicted molar refractivity (Wildman–Crippen MR) is 126 cm³/mol. The van der Waals surface area contributed by atoms with Crippen LogP contribution < -0.4 is 0 Å². The Morgan fingerprint density at radius 1 is 1.36 bits per heavy atom. The van der Waals surface area contributed by atoms with E-state index in [0.717, 1.165) is 49.2 Å². The van der Waals surface area contributed by atoms with Crippen LogP contribution in [0.1, 0.15) is 30.0 Å². The van der Waals surface area contributed by atoms with Crippen LogP contribution in [0.2, 0.25) is 0 Å². The van der Waals surface area contributed by atoms with Gasteiger partial charge in [-0.3, -0.25) is 9.69 Å². The molecule has 1 aliphatic heterocycles. The van der Waals surface area contributed by atoms with Crippen molar-refractivity contribution in [3.8, 4) is 17.0 Å². The van der Waals surface area contributed by atoms with Crippen molar-refractivity contribution >= 4 is 16.9 Å². The minimum Gasteiger partial charge on any atom is -0.507 e. The van der Waals surface area contributed by atoms with E-state index in [1.54, 1.807) is 24.1 Å². The van der Waals surface area contributed by atoms with Crippen LogP contribution in [0.3, 0.4) is 0 Å². The van der Waals surface area contributed by atoms with E-state index < -0.39 is 0 Å². The highest BCUT2D eigenvalue weighted by Gasteiger charge is 2.32. The summed E-state index contributed by atoms with van der Waals surface area (Å²) < 4.78 is 5.79. The predicted octanol–water partition coefficient (Wildman–Crippen LogP) is 3.05. The number of nitrogens with one attached hydrogen (secondary N) is 1. The Kier molecular flexibility index (Phi) is 5.86. The first-order valence-electron chi connectivity index (χ1n) is 11.4. The van der Waals surface area contributed by atoms with Gasteiger partial charge in [-0.2, -0.15) is 0 Å². The molecule has 1 saturated carbocycles. The maximum absolute atomic E-state index is 12.1. The minimum atomic E-state index is -0.0956. The van der Waals surface area contributed by atoms with Crippen LogP contribution in [0, 0.1) is 0 Å². The third-order valence-corrected chi connectivity index (χ3v) is 6.63. The first kappa shape index (κ1) is 21.6. The third kappa shape index (κ3) is 4.36. The molecule has 1 aromatic carbocycles. The second-order valence-corrected chi connectivity index (χ2v) is 8.92. The van der Waals surface area contributed by atoms with Crippen LogP contribution >= 0.6 is 0 Å². The summed E-state index contributed by atoms with van der Waals surface area (Å²) in [5.74, 6) is 0.615. The van der Waals surface area contributed by atoms with Gasteiger partial charge in [-0.15, -0.1) is 10.2 Å². The molecule has 2 aliphatic rings. The van der Waals surface area contributed by atoms with Gasteiger partial charge in [-0.1, -0.05) is 18.7 Å². The second-order valence-electron chi connectivity index (χ2n) is 8.92. The summed E-state index contributed by atoms with van der Waals surface area (Å²) in [4.78, 5) is 19.7. The number of carbonyl (C=O) groups is 1. The average molecular weight is 448 g/mol.